The molecular weight excluding hydrogens is 397 g/mol. The van der Waals surface area contributed by atoms with E-state index in [0.29, 0.717) is 12.2 Å². The predicted octanol–water partition coefficient (Wildman–Crippen LogP) is 2.77. The highest BCUT2D eigenvalue weighted by molar-refractivity contribution is 5.54. The molecule has 3 heterocycles. The number of rotatable bonds is 5. The number of aryl methyl sites for hydroxylation is 1. The van der Waals surface area contributed by atoms with Crippen molar-refractivity contribution in [3.8, 4) is 11.4 Å². The summed E-state index contributed by atoms with van der Waals surface area (Å²) in [6, 6.07) is 10.4. The molecule has 1 aliphatic heterocycles. The lowest BCUT2D eigenvalue weighted by Crippen LogP contribution is -2.47. The molecule has 3 N–H and O–H groups in total. The van der Waals surface area contributed by atoms with Crippen molar-refractivity contribution >= 4 is 5.69 Å². The van der Waals surface area contributed by atoms with Crippen LogP contribution >= 0.6 is 0 Å². The van der Waals surface area contributed by atoms with Gasteiger partial charge in [-0.05, 0) is 50.2 Å². The zero-order chi connectivity index (χ0) is 22.2. The van der Waals surface area contributed by atoms with Crippen LogP contribution in [0.2, 0.25) is 0 Å². The van der Waals surface area contributed by atoms with Gasteiger partial charge >= 0.3 is 0 Å². The normalized spacial score (nSPS) is 15.3. The number of hydrogen-bond donors (Lipinski definition) is 3. The van der Waals surface area contributed by atoms with Crippen LogP contribution in [0.25, 0.3) is 11.4 Å². The van der Waals surface area contributed by atoms with E-state index in [0.717, 1.165) is 48.9 Å². The van der Waals surface area contributed by atoms with Crippen molar-refractivity contribution in [2.75, 3.05) is 44.2 Å². The third kappa shape index (κ3) is 6.10. The molecule has 0 saturated carbocycles. The van der Waals surface area contributed by atoms with Crippen molar-refractivity contribution in [2.24, 2.45) is 0 Å². The molecule has 1 saturated heterocycles. The molecule has 8 heteroatoms. The topological polar surface area (TPSA) is 88.5 Å². The number of hydrogen-bond acceptors (Lipinski definition) is 6. The van der Waals surface area contributed by atoms with Gasteiger partial charge in [-0.1, -0.05) is 0 Å². The third-order valence-electron chi connectivity index (χ3n) is 5.17. The Balaban J connectivity index is 0.000000858. The molecule has 31 heavy (non-hydrogen) atoms. The highest BCUT2D eigenvalue weighted by atomic mass is 19.1. The summed E-state index contributed by atoms with van der Waals surface area (Å²) in [7, 11) is 0. The molecule has 1 aromatic carbocycles. The molecule has 1 fully saturated rings. The summed E-state index contributed by atoms with van der Waals surface area (Å²) in [4.78, 5) is 16.4. The van der Waals surface area contributed by atoms with Gasteiger partial charge in [0.1, 0.15) is 17.7 Å². The van der Waals surface area contributed by atoms with E-state index < -0.39 is 6.10 Å². The van der Waals surface area contributed by atoms with Crippen LogP contribution in [-0.4, -0.2) is 69.4 Å². The minimum Gasteiger partial charge on any atom is -0.397 e. The number of anilines is 1. The fourth-order valence-electron chi connectivity index (χ4n) is 3.61. The maximum Gasteiger partial charge on any atom is 0.139 e. The molecule has 2 aromatic heterocycles. The molecule has 4 rings (SSSR count). The fraction of sp³-hybridized carbons (Fsp3) is 0.391. The Kier molecular flexibility index (Phi) is 8.11. The molecular formula is C23H30FN5O2. The summed E-state index contributed by atoms with van der Waals surface area (Å²) in [5.41, 5.74) is 3.49. The highest BCUT2D eigenvalue weighted by Crippen LogP contribution is 2.23. The minimum absolute atomic E-state index is 0.217. The summed E-state index contributed by atoms with van der Waals surface area (Å²) in [6.45, 7) is 7.77. The molecule has 1 unspecified atom stereocenters. The maximum atomic E-state index is 13.1. The SMILES string of the molecule is CCO.Cc1[nH]c(-c2cccnc2)nc1C(O)CN1CCN(c2ccc(F)cc2)CC1. The van der Waals surface area contributed by atoms with Gasteiger partial charge in [0.15, 0.2) is 0 Å². The van der Waals surface area contributed by atoms with Crippen LogP contribution in [0.4, 0.5) is 10.1 Å². The van der Waals surface area contributed by atoms with E-state index in [1.165, 1.54) is 12.1 Å². The predicted molar refractivity (Wildman–Crippen MR) is 119 cm³/mol. The van der Waals surface area contributed by atoms with E-state index in [1.54, 1.807) is 19.3 Å². The number of benzene rings is 1. The number of H-pyrrole nitrogens is 1. The van der Waals surface area contributed by atoms with E-state index in [9.17, 15) is 9.50 Å². The molecule has 0 bridgehead atoms. The van der Waals surface area contributed by atoms with Gasteiger partial charge in [0.25, 0.3) is 0 Å². The number of aliphatic hydroxyl groups excluding tert-OH is 2. The molecule has 3 aromatic rings. The second kappa shape index (κ2) is 11.0. The lowest BCUT2D eigenvalue weighted by Gasteiger charge is -2.36. The quantitative estimate of drug-likeness (QED) is 0.580. The van der Waals surface area contributed by atoms with Gasteiger partial charge in [-0.15, -0.1) is 0 Å². The van der Waals surface area contributed by atoms with E-state index in [-0.39, 0.29) is 12.4 Å². The second-order valence-corrected chi connectivity index (χ2v) is 7.43. The Bertz CT molecular complexity index is 925. The number of β-amino-alcohol motifs (C(OH)–C–C–N with tert-alkyl or cyclic N) is 1. The molecule has 0 aliphatic carbocycles. The number of aromatic nitrogens is 3. The Morgan fingerprint density at radius 1 is 1.13 bits per heavy atom. The first-order chi connectivity index (χ1) is 15.0. The zero-order valence-corrected chi connectivity index (χ0v) is 18.0. The Labute approximate surface area is 182 Å². The van der Waals surface area contributed by atoms with Gasteiger partial charge in [0.05, 0.1) is 5.69 Å². The van der Waals surface area contributed by atoms with E-state index in [1.807, 2.05) is 31.2 Å². The van der Waals surface area contributed by atoms with Crippen LogP contribution < -0.4 is 4.90 Å². The minimum atomic E-state index is -0.654. The van der Waals surface area contributed by atoms with Crippen LogP contribution in [0.15, 0.2) is 48.8 Å². The molecule has 0 radical (unpaired) electrons. The van der Waals surface area contributed by atoms with Gasteiger partial charge in [0, 0.05) is 68.7 Å². The van der Waals surface area contributed by atoms with Gasteiger partial charge in [-0.2, -0.15) is 0 Å². The monoisotopic (exact) mass is 427 g/mol. The van der Waals surface area contributed by atoms with Gasteiger partial charge < -0.3 is 20.1 Å². The fourth-order valence-corrected chi connectivity index (χ4v) is 3.61. The lowest BCUT2D eigenvalue weighted by molar-refractivity contribution is 0.106. The summed E-state index contributed by atoms with van der Waals surface area (Å²) < 4.78 is 13.1. The standard InChI is InChI=1S/C21H24FN5O.C2H6O/c1-15-20(25-21(24-15)16-3-2-8-23-13-16)19(28)14-26-9-11-27(12-10-26)18-6-4-17(22)5-7-18;1-2-3/h2-8,13,19,28H,9-12,14H2,1H3,(H,24,25);3H,2H2,1H3. The second-order valence-electron chi connectivity index (χ2n) is 7.43. The largest absolute Gasteiger partial charge is 0.397 e. The number of halogens is 1. The lowest BCUT2D eigenvalue weighted by atomic mass is 10.2. The van der Waals surface area contributed by atoms with Gasteiger partial charge in [-0.3, -0.25) is 9.88 Å². The third-order valence-corrected chi connectivity index (χ3v) is 5.17. The molecule has 1 atom stereocenters. The van der Waals surface area contributed by atoms with Crippen LogP contribution in [0.3, 0.4) is 0 Å². The first-order valence-electron chi connectivity index (χ1n) is 10.5. The van der Waals surface area contributed by atoms with Crippen LogP contribution in [0.5, 0.6) is 0 Å². The van der Waals surface area contributed by atoms with Crippen LogP contribution in [0, 0.1) is 12.7 Å². The number of piperazine rings is 1. The number of aromatic amines is 1. The van der Waals surface area contributed by atoms with E-state index in [4.69, 9.17) is 5.11 Å². The maximum absolute atomic E-state index is 13.1. The van der Waals surface area contributed by atoms with Crippen molar-refractivity contribution < 1.29 is 14.6 Å². The molecule has 1 aliphatic rings. The zero-order valence-electron chi connectivity index (χ0n) is 18.0. The van der Waals surface area contributed by atoms with Gasteiger partial charge in [-0.25, -0.2) is 9.37 Å². The summed E-state index contributed by atoms with van der Waals surface area (Å²) in [5.74, 6) is 0.506. The Morgan fingerprint density at radius 2 is 1.81 bits per heavy atom. The molecule has 0 spiro atoms. The summed E-state index contributed by atoms with van der Waals surface area (Å²) in [6.07, 6.45) is 2.82. The van der Waals surface area contributed by atoms with Crippen LogP contribution in [0.1, 0.15) is 24.4 Å². The number of nitrogens with one attached hydrogen (secondary N) is 1. The van der Waals surface area contributed by atoms with Crippen molar-refractivity contribution in [3.63, 3.8) is 0 Å². The number of nitrogens with zero attached hydrogens (tertiary/aromatic N) is 4. The number of aliphatic hydroxyl groups is 2. The van der Waals surface area contributed by atoms with E-state index >= 15 is 0 Å². The Hall–Kier alpha value is -2.81. The first-order valence-corrected chi connectivity index (χ1v) is 10.5. The van der Waals surface area contributed by atoms with Crippen LogP contribution in [-0.2, 0) is 0 Å². The average molecular weight is 428 g/mol. The summed E-state index contributed by atoms with van der Waals surface area (Å²) in [5, 5.41) is 18.3. The smallest absolute Gasteiger partial charge is 0.139 e. The molecule has 0 amide bonds. The van der Waals surface area contributed by atoms with Crippen molar-refractivity contribution in [3.05, 3.63) is 66.0 Å². The van der Waals surface area contributed by atoms with Gasteiger partial charge in [0.2, 0.25) is 0 Å². The number of pyridine rings is 1. The molecule has 7 nitrogen and oxygen atoms in total. The first kappa shape index (κ1) is 22.9. The summed E-state index contributed by atoms with van der Waals surface area (Å²) >= 11 is 0. The van der Waals surface area contributed by atoms with Crippen molar-refractivity contribution in [1.82, 2.24) is 19.9 Å². The van der Waals surface area contributed by atoms with E-state index in [2.05, 4.69) is 24.8 Å². The average Bonchev–Trinajstić information content (AvgIpc) is 3.18. The molecule has 166 valence electrons. The highest BCUT2D eigenvalue weighted by Gasteiger charge is 2.23. The van der Waals surface area contributed by atoms with Crippen molar-refractivity contribution in [2.45, 2.75) is 20.0 Å². The number of imidazole rings is 1. The van der Waals surface area contributed by atoms with Crippen molar-refractivity contribution in [1.29, 1.82) is 0 Å². The Morgan fingerprint density at radius 3 is 2.42 bits per heavy atom.